The van der Waals surface area contributed by atoms with Crippen LogP contribution in [0.1, 0.15) is 12.5 Å². The molecule has 2 nitrogen and oxygen atoms in total. The molecule has 0 spiro atoms. The molecule has 0 aromatic heterocycles. The number of hydrogen-bond donors (Lipinski definition) is 1. The van der Waals surface area contributed by atoms with Crippen molar-refractivity contribution in [1.29, 1.82) is 0 Å². The normalized spacial score (nSPS) is 19.8. The fraction of sp³-hybridized carbons (Fsp3) is 0.538. The van der Waals surface area contributed by atoms with E-state index in [2.05, 4.69) is 6.92 Å². The first kappa shape index (κ1) is 13.1. The third-order valence-corrected chi connectivity index (χ3v) is 4.52. The van der Waals surface area contributed by atoms with Crippen molar-refractivity contribution in [2.45, 2.75) is 19.4 Å². The minimum absolute atomic E-state index is 0.290. The highest BCUT2D eigenvalue weighted by atomic mass is 35.5. The Balaban J connectivity index is 1.80. The van der Waals surface area contributed by atoms with Crippen molar-refractivity contribution in [2.75, 3.05) is 18.1 Å². The summed E-state index contributed by atoms with van der Waals surface area (Å²) in [6.07, 6.45) is 1.26. The molecule has 2 rings (SSSR count). The van der Waals surface area contributed by atoms with E-state index in [1.807, 2.05) is 30.0 Å². The molecule has 0 amide bonds. The molecule has 1 aromatic carbocycles. The molecule has 1 aliphatic rings. The highest BCUT2D eigenvalue weighted by Crippen LogP contribution is 2.32. The number of hydrogen-bond acceptors (Lipinski definition) is 3. The van der Waals surface area contributed by atoms with Crippen molar-refractivity contribution < 1.29 is 4.74 Å². The first-order chi connectivity index (χ1) is 8.19. The summed E-state index contributed by atoms with van der Waals surface area (Å²) in [5, 5.41) is 0.789. The van der Waals surface area contributed by atoms with Crippen molar-refractivity contribution >= 4 is 23.4 Å². The first-order valence-electron chi connectivity index (χ1n) is 5.92. The fourth-order valence-corrected chi connectivity index (χ4v) is 3.17. The summed E-state index contributed by atoms with van der Waals surface area (Å²) in [5.41, 5.74) is 6.82. The predicted octanol–water partition coefficient (Wildman–Crippen LogP) is 2.97. The minimum atomic E-state index is 0.290. The predicted molar refractivity (Wildman–Crippen MR) is 75.1 cm³/mol. The van der Waals surface area contributed by atoms with Crippen molar-refractivity contribution in [3.05, 3.63) is 28.8 Å². The number of ether oxygens (including phenoxy) is 1. The zero-order chi connectivity index (χ0) is 12.3. The first-order valence-corrected chi connectivity index (χ1v) is 7.45. The van der Waals surface area contributed by atoms with Gasteiger partial charge in [0, 0.05) is 17.2 Å². The van der Waals surface area contributed by atoms with E-state index in [-0.39, 0.29) is 0 Å². The lowest BCUT2D eigenvalue weighted by Gasteiger charge is -2.12. The van der Waals surface area contributed by atoms with Crippen molar-refractivity contribution in [1.82, 2.24) is 0 Å². The maximum atomic E-state index is 5.96. The van der Waals surface area contributed by atoms with Gasteiger partial charge in [0.05, 0.1) is 0 Å². The number of rotatable bonds is 5. The Labute approximate surface area is 112 Å². The standard InChI is InChI=1S/C13H18ClNOS/c1-9(6-15)7-17-8-12-5-10-4-11(14)2-3-13(10)16-12/h2-4,9,12H,5-8,15H2,1H3. The summed E-state index contributed by atoms with van der Waals surface area (Å²) >= 11 is 7.88. The quantitative estimate of drug-likeness (QED) is 0.894. The molecular formula is C13H18ClNOS. The molecule has 1 aromatic rings. The van der Waals surface area contributed by atoms with E-state index in [0.717, 1.165) is 35.2 Å². The van der Waals surface area contributed by atoms with E-state index in [4.69, 9.17) is 22.1 Å². The van der Waals surface area contributed by atoms with E-state index >= 15 is 0 Å². The minimum Gasteiger partial charge on any atom is -0.489 e. The second-order valence-corrected chi connectivity index (χ2v) is 6.09. The van der Waals surface area contributed by atoms with Gasteiger partial charge < -0.3 is 10.5 Å². The summed E-state index contributed by atoms with van der Waals surface area (Å²) in [6.45, 7) is 2.94. The molecule has 2 unspecified atom stereocenters. The molecule has 0 bridgehead atoms. The fourth-order valence-electron chi connectivity index (χ4n) is 1.85. The lowest BCUT2D eigenvalue weighted by Crippen LogP contribution is -2.18. The summed E-state index contributed by atoms with van der Waals surface area (Å²) in [4.78, 5) is 0. The van der Waals surface area contributed by atoms with Gasteiger partial charge in [-0.25, -0.2) is 0 Å². The van der Waals surface area contributed by atoms with Gasteiger partial charge in [0.1, 0.15) is 11.9 Å². The summed E-state index contributed by atoms with van der Waals surface area (Å²) in [6, 6.07) is 5.85. The highest BCUT2D eigenvalue weighted by molar-refractivity contribution is 7.99. The van der Waals surface area contributed by atoms with E-state index < -0.39 is 0 Å². The molecule has 0 fully saturated rings. The van der Waals surface area contributed by atoms with Gasteiger partial charge in [0.15, 0.2) is 0 Å². The van der Waals surface area contributed by atoms with Crippen LogP contribution in [0.2, 0.25) is 5.02 Å². The Morgan fingerprint density at radius 2 is 2.41 bits per heavy atom. The molecule has 94 valence electrons. The smallest absolute Gasteiger partial charge is 0.123 e. The molecule has 1 aliphatic heterocycles. The van der Waals surface area contributed by atoms with Crippen LogP contribution in [-0.2, 0) is 6.42 Å². The van der Waals surface area contributed by atoms with E-state index in [1.54, 1.807) is 0 Å². The van der Waals surface area contributed by atoms with Gasteiger partial charge in [0.25, 0.3) is 0 Å². The topological polar surface area (TPSA) is 35.2 Å². The van der Waals surface area contributed by atoms with Crippen LogP contribution in [-0.4, -0.2) is 24.2 Å². The van der Waals surface area contributed by atoms with Gasteiger partial charge in [-0.1, -0.05) is 18.5 Å². The summed E-state index contributed by atoms with van der Waals surface area (Å²) in [5.74, 6) is 3.70. The lowest BCUT2D eigenvalue weighted by atomic mass is 10.1. The van der Waals surface area contributed by atoms with Crippen molar-refractivity contribution in [3.8, 4) is 5.75 Å². The number of benzene rings is 1. The van der Waals surface area contributed by atoms with Gasteiger partial charge >= 0.3 is 0 Å². The summed E-state index contributed by atoms with van der Waals surface area (Å²) < 4.78 is 5.87. The zero-order valence-corrected chi connectivity index (χ0v) is 11.6. The van der Waals surface area contributed by atoms with E-state index in [0.29, 0.717) is 12.0 Å². The van der Waals surface area contributed by atoms with Crippen LogP contribution < -0.4 is 10.5 Å². The van der Waals surface area contributed by atoms with Crippen molar-refractivity contribution in [2.24, 2.45) is 11.7 Å². The SMILES string of the molecule is CC(CN)CSCC1Cc2cc(Cl)ccc2O1. The van der Waals surface area contributed by atoms with Crippen LogP contribution in [0.4, 0.5) is 0 Å². The average Bonchev–Trinajstić information content (AvgIpc) is 2.70. The molecule has 4 heteroatoms. The van der Waals surface area contributed by atoms with Crippen LogP contribution >= 0.6 is 23.4 Å². The van der Waals surface area contributed by atoms with E-state index in [9.17, 15) is 0 Å². The molecule has 0 aliphatic carbocycles. The van der Waals surface area contributed by atoms with Crippen LogP contribution in [0.25, 0.3) is 0 Å². The van der Waals surface area contributed by atoms with Gasteiger partial charge in [-0.15, -0.1) is 0 Å². The Kier molecular flexibility index (Phi) is 4.60. The number of halogens is 1. The Morgan fingerprint density at radius 1 is 1.59 bits per heavy atom. The number of fused-ring (bicyclic) bond motifs is 1. The van der Waals surface area contributed by atoms with Crippen molar-refractivity contribution in [3.63, 3.8) is 0 Å². The second-order valence-electron chi connectivity index (χ2n) is 4.57. The molecule has 2 N–H and O–H groups in total. The monoisotopic (exact) mass is 271 g/mol. The maximum absolute atomic E-state index is 5.96. The largest absolute Gasteiger partial charge is 0.489 e. The molecule has 17 heavy (non-hydrogen) atoms. The molecule has 0 saturated carbocycles. The zero-order valence-electron chi connectivity index (χ0n) is 9.99. The number of thioether (sulfide) groups is 1. The third-order valence-electron chi connectivity index (χ3n) is 2.87. The summed E-state index contributed by atoms with van der Waals surface area (Å²) in [7, 11) is 0. The Bertz CT molecular complexity index is 386. The van der Waals surface area contributed by atoms with Gasteiger partial charge in [-0.3, -0.25) is 0 Å². The lowest BCUT2D eigenvalue weighted by molar-refractivity contribution is 0.259. The third kappa shape index (κ3) is 3.54. The molecule has 1 heterocycles. The molecular weight excluding hydrogens is 254 g/mol. The number of nitrogens with two attached hydrogens (primary N) is 1. The second kappa shape index (κ2) is 5.98. The molecule has 0 saturated heterocycles. The average molecular weight is 272 g/mol. The highest BCUT2D eigenvalue weighted by Gasteiger charge is 2.22. The maximum Gasteiger partial charge on any atom is 0.123 e. The van der Waals surface area contributed by atoms with Crippen LogP contribution in [0, 0.1) is 5.92 Å². The van der Waals surface area contributed by atoms with Crippen LogP contribution in [0.15, 0.2) is 18.2 Å². The Morgan fingerprint density at radius 3 is 3.18 bits per heavy atom. The molecule has 0 radical (unpaired) electrons. The Hall–Kier alpha value is -0.380. The van der Waals surface area contributed by atoms with Gasteiger partial charge in [0.2, 0.25) is 0 Å². The van der Waals surface area contributed by atoms with Gasteiger partial charge in [-0.05, 0) is 42.0 Å². The van der Waals surface area contributed by atoms with Gasteiger partial charge in [-0.2, -0.15) is 11.8 Å². The molecule has 2 atom stereocenters. The van der Waals surface area contributed by atoms with Crippen LogP contribution in [0.3, 0.4) is 0 Å². The van der Waals surface area contributed by atoms with E-state index in [1.165, 1.54) is 5.56 Å². The van der Waals surface area contributed by atoms with Crippen LogP contribution in [0.5, 0.6) is 5.75 Å².